The molecule has 8 atom stereocenters. The summed E-state index contributed by atoms with van der Waals surface area (Å²) in [7, 11) is 1.81. The number of carboxylic acids is 2. The molecule has 17 N–H and O–H groups in total. The zero-order valence-corrected chi connectivity index (χ0v) is 44.1. The molecule has 4 aromatic rings. The van der Waals surface area contributed by atoms with Crippen molar-refractivity contribution >= 4 is 114 Å². The number of rotatable bonds is 15. The highest BCUT2D eigenvalue weighted by Gasteiger charge is 2.35. The van der Waals surface area contributed by atoms with Crippen molar-refractivity contribution in [1.29, 1.82) is 0 Å². The molecule has 0 aliphatic carbocycles. The minimum Gasteiger partial charge on any atom is -0.481 e. The van der Waals surface area contributed by atoms with Gasteiger partial charge in [-0.1, -0.05) is 82.3 Å². The molecule has 0 unspecified atom stereocenters. The Bertz CT molecular complexity index is 2920. The van der Waals surface area contributed by atoms with Crippen LogP contribution in [0.1, 0.15) is 57.1 Å². The van der Waals surface area contributed by atoms with E-state index in [1.54, 1.807) is 48.7 Å². The van der Waals surface area contributed by atoms with Gasteiger partial charge in [-0.15, -0.1) is 0 Å². The van der Waals surface area contributed by atoms with Crippen LogP contribution in [0, 0.1) is 0 Å². The van der Waals surface area contributed by atoms with Crippen molar-refractivity contribution in [3.8, 4) is 0 Å². The number of fused-ring (bicyclic) bond motifs is 2. The summed E-state index contributed by atoms with van der Waals surface area (Å²) in [6.07, 6.45) is -1.04. The number of aromatic amines is 1. The number of hydrogen-bond acceptors (Lipinski definition) is 14. The maximum Gasteiger partial charge on any atom is 0.305 e. The van der Waals surface area contributed by atoms with E-state index < -0.39 is 133 Å². The molecule has 9 amide bonds. The lowest BCUT2D eigenvalue weighted by molar-refractivity contribution is -0.141. The highest BCUT2D eigenvalue weighted by molar-refractivity contribution is 8.76. The molecular formula is C50H63N13O13S2. The standard InChI is InChI=1S/C50H63N13O13S2/c1-25-43(70)60-35(19-27-13-14-28-8-3-4-9-29(28)18-27)46(73)58-33(12-7-17-54-50(52)53)45(72)61-36(20-30-22-55-32-11-6-5-10-31(30)32)47(74)62-37(21-41(67)68)48(75)63-38(42(51)69)23-77-78-24-39(57-26(2)64)49(76)59-34(44(71)56-25)15-16-40(65)66/h3-6,8-11,13-14,18,22,25,33-39,55H,7,12,15-17,19-21,23-24H2,1-2H3,(H2,51,69)(H,56,71)(H,57,64)(H,58,73)(H,59,76)(H,60,70)(H,61,72)(H,62,74)(H,63,75)(H,65,66)(H,67,68)(H4,52,53,54)/t25-,33-,34-,35+,36-,37-,38-,39-/m0/s1. The van der Waals surface area contributed by atoms with Gasteiger partial charge in [0.1, 0.15) is 48.3 Å². The molecule has 3 aromatic carbocycles. The van der Waals surface area contributed by atoms with Gasteiger partial charge in [-0.25, -0.2) is 0 Å². The predicted octanol–water partition coefficient (Wildman–Crippen LogP) is -1.70. The Kier molecular flexibility index (Phi) is 22.6. The second-order valence-electron chi connectivity index (χ2n) is 18.3. The largest absolute Gasteiger partial charge is 0.481 e. The molecule has 0 bridgehead atoms. The number of H-pyrrole nitrogens is 1. The second-order valence-corrected chi connectivity index (χ2v) is 20.8. The molecule has 1 fully saturated rings. The maximum atomic E-state index is 14.7. The molecule has 0 spiro atoms. The van der Waals surface area contributed by atoms with E-state index >= 15 is 0 Å². The van der Waals surface area contributed by atoms with E-state index in [4.69, 9.17) is 17.2 Å². The number of carbonyl (C=O) groups is 11. The fourth-order valence-corrected chi connectivity index (χ4v) is 10.5. The fraction of sp³-hybridized carbons (Fsp3) is 0.400. The van der Waals surface area contributed by atoms with E-state index in [2.05, 4.69) is 52.5 Å². The van der Waals surface area contributed by atoms with Crippen LogP contribution < -0.4 is 59.7 Å². The number of aliphatic carboxylic acids is 2. The molecule has 0 radical (unpaired) electrons. The van der Waals surface area contributed by atoms with Gasteiger partial charge in [0.2, 0.25) is 53.2 Å². The smallest absolute Gasteiger partial charge is 0.305 e. The fourth-order valence-electron chi connectivity index (χ4n) is 8.13. The molecule has 0 saturated carbocycles. The number of guanidine groups is 1. The predicted molar refractivity (Wildman–Crippen MR) is 290 cm³/mol. The third kappa shape index (κ3) is 18.7. The van der Waals surface area contributed by atoms with Crippen molar-refractivity contribution in [2.24, 2.45) is 22.2 Å². The van der Waals surface area contributed by atoms with Crippen LogP contribution in [0.2, 0.25) is 0 Å². The van der Waals surface area contributed by atoms with Crippen molar-refractivity contribution in [1.82, 2.24) is 47.5 Å². The minimum atomic E-state index is -1.87. The number of para-hydroxylation sites is 1. The average Bonchev–Trinajstić information content (AvgIpc) is 3.80. The summed E-state index contributed by atoms with van der Waals surface area (Å²) in [5, 5.41) is 41.8. The van der Waals surface area contributed by atoms with Crippen LogP contribution in [0.15, 0.2) is 77.9 Å². The molecule has 28 heteroatoms. The van der Waals surface area contributed by atoms with Crippen LogP contribution in [0.4, 0.5) is 0 Å². The van der Waals surface area contributed by atoms with E-state index in [-0.39, 0.29) is 49.7 Å². The van der Waals surface area contributed by atoms with Crippen LogP contribution in [0.3, 0.4) is 0 Å². The lowest BCUT2D eigenvalue weighted by Crippen LogP contribution is -2.60. The SMILES string of the molecule is CC(=O)N[C@H]1CSSC[C@@H](C(N)=O)NC(=O)[C@H](CC(=O)O)NC(=O)[C@H](Cc2c[nH]c3ccccc23)NC(=O)[C@H](CCCN=C(N)N)NC(=O)[C@@H](Cc2ccc3ccccc3c2)NC(=O)[C@H](C)NC(=O)[C@H](CCC(=O)O)NC1=O. The molecule has 418 valence electrons. The first kappa shape index (κ1) is 60.5. The summed E-state index contributed by atoms with van der Waals surface area (Å²) in [5.41, 5.74) is 18.5. The summed E-state index contributed by atoms with van der Waals surface area (Å²) in [5.74, 6) is -12.3. The van der Waals surface area contributed by atoms with Gasteiger partial charge in [0.25, 0.3) is 0 Å². The van der Waals surface area contributed by atoms with Crippen LogP contribution >= 0.6 is 21.6 Å². The van der Waals surface area contributed by atoms with Gasteiger partial charge in [-0.05, 0) is 54.2 Å². The van der Waals surface area contributed by atoms with Gasteiger partial charge in [-0.3, -0.25) is 57.7 Å². The van der Waals surface area contributed by atoms with E-state index in [1.807, 2.05) is 24.3 Å². The number of hydrogen-bond donors (Lipinski definition) is 14. The number of amides is 9. The molecule has 5 rings (SSSR count). The van der Waals surface area contributed by atoms with E-state index in [9.17, 15) is 63.0 Å². The number of benzene rings is 3. The van der Waals surface area contributed by atoms with Crippen molar-refractivity contribution in [2.45, 2.75) is 107 Å². The zero-order valence-electron chi connectivity index (χ0n) is 42.5. The van der Waals surface area contributed by atoms with Crippen LogP contribution in [-0.2, 0) is 65.6 Å². The van der Waals surface area contributed by atoms with Gasteiger partial charge in [0, 0.05) is 61.3 Å². The first-order chi connectivity index (χ1) is 37.1. The molecule has 26 nitrogen and oxygen atoms in total. The van der Waals surface area contributed by atoms with Crippen molar-refractivity contribution in [3.63, 3.8) is 0 Å². The summed E-state index contributed by atoms with van der Waals surface area (Å²) in [4.78, 5) is 155. The molecular weight excluding hydrogens is 1050 g/mol. The number of nitrogens with two attached hydrogens (primary N) is 3. The second kappa shape index (κ2) is 29.2. The number of aromatic nitrogens is 1. The Morgan fingerprint density at radius 3 is 1.90 bits per heavy atom. The average molecular weight is 1120 g/mol. The zero-order chi connectivity index (χ0) is 57.1. The van der Waals surface area contributed by atoms with Crippen LogP contribution in [0.25, 0.3) is 21.7 Å². The summed E-state index contributed by atoms with van der Waals surface area (Å²) >= 11 is 0. The Morgan fingerprint density at radius 2 is 1.22 bits per heavy atom. The number of nitrogens with zero attached hydrogens (tertiary/aromatic N) is 1. The molecule has 78 heavy (non-hydrogen) atoms. The number of aliphatic imine (C=N–C) groups is 1. The molecule has 1 aliphatic rings. The molecule has 1 aliphatic heterocycles. The lowest BCUT2D eigenvalue weighted by atomic mass is 10.00. The molecule has 1 aromatic heterocycles. The third-order valence-electron chi connectivity index (χ3n) is 12.1. The summed E-state index contributed by atoms with van der Waals surface area (Å²) < 4.78 is 0. The Morgan fingerprint density at radius 1 is 0.641 bits per heavy atom. The minimum absolute atomic E-state index is 0.0208. The first-order valence-corrected chi connectivity index (χ1v) is 27.0. The number of carbonyl (C=O) groups excluding carboxylic acids is 9. The number of carboxylic acid groups (broad SMARTS) is 2. The van der Waals surface area contributed by atoms with E-state index in [1.165, 1.54) is 6.92 Å². The van der Waals surface area contributed by atoms with Gasteiger partial charge in [-0.2, -0.15) is 0 Å². The van der Waals surface area contributed by atoms with E-state index in [0.29, 0.717) is 22.0 Å². The van der Waals surface area contributed by atoms with Gasteiger partial charge >= 0.3 is 11.9 Å². The van der Waals surface area contributed by atoms with E-state index in [0.717, 1.165) is 39.3 Å². The number of primary amides is 1. The topological polar surface area (TPSA) is 431 Å². The number of nitrogens with one attached hydrogen (secondary N) is 9. The molecule has 2 heterocycles. The lowest BCUT2D eigenvalue weighted by Gasteiger charge is -2.28. The quantitative estimate of drug-likeness (QED) is 0.0273. The van der Waals surface area contributed by atoms with Crippen molar-refractivity contribution in [2.75, 3.05) is 18.1 Å². The van der Waals surface area contributed by atoms with Gasteiger partial charge in [0.15, 0.2) is 5.96 Å². The Labute approximate surface area is 454 Å². The van der Waals surface area contributed by atoms with Gasteiger partial charge < -0.3 is 74.9 Å². The third-order valence-corrected chi connectivity index (χ3v) is 14.6. The Hall–Kier alpha value is -8.40. The van der Waals surface area contributed by atoms with Crippen molar-refractivity contribution < 1.29 is 63.0 Å². The highest BCUT2D eigenvalue weighted by Crippen LogP contribution is 2.24. The monoisotopic (exact) mass is 1120 g/mol. The molecule has 1 saturated heterocycles. The highest BCUT2D eigenvalue weighted by atomic mass is 33.1. The summed E-state index contributed by atoms with van der Waals surface area (Å²) in [6.45, 7) is 2.37. The van der Waals surface area contributed by atoms with Gasteiger partial charge in [0.05, 0.1) is 6.42 Å². The van der Waals surface area contributed by atoms with Crippen LogP contribution in [-0.4, -0.2) is 153 Å². The normalized spacial score (nSPS) is 22.8. The maximum absolute atomic E-state index is 14.7. The van der Waals surface area contributed by atoms with Crippen molar-refractivity contribution in [3.05, 3.63) is 84.1 Å². The van der Waals surface area contributed by atoms with Crippen LogP contribution in [0.5, 0.6) is 0 Å². The Balaban J connectivity index is 1.59. The summed E-state index contributed by atoms with van der Waals surface area (Å²) in [6, 6.07) is 7.34. The first-order valence-electron chi connectivity index (χ1n) is 24.5.